The van der Waals surface area contributed by atoms with Gasteiger partial charge in [-0.2, -0.15) is 0 Å². The predicted molar refractivity (Wildman–Crippen MR) is 44.8 cm³/mol. The van der Waals surface area contributed by atoms with Gasteiger partial charge in [-0.25, -0.2) is 0 Å². The average Bonchev–Trinajstić information content (AvgIpc) is 1.86. The molecular formula is C6H8BrClO3. The maximum Gasteiger partial charge on any atom is 0.320 e. The lowest BCUT2D eigenvalue weighted by Gasteiger charge is -2.04. The van der Waals surface area contributed by atoms with E-state index in [4.69, 9.17) is 11.6 Å². The zero-order valence-corrected chi connectivity index (χ0v) is 8.31. The molecule has 11 heavy (non-hydrogen) atoms. The number of alkyl halides is 1. The summed E-state index contributed by atoms with van der Waals surface area (Å²) in [6.07, 6.45) is -0.0413. The second-order valence-corrected chi connectivity index (χ2v) is 3.31. The Balaban J connectivity index is 3.73. The van der Waals surface area contributed by atoms with Gasteiger partial charge in [-0.1, -0.05) is 15.9 Å². The van der Waals surface area contributed by atoms with Gasteiger partial charge in [0.25, 0.3) is 0 Å². The third-order valence-electron chi connectivity index (χ3n) is 0.882. The van der Waals surface area contributed by atoms with Gasteiger partial charge < -0.3 is 4.74 Å². The van der Waals surface area contributed by atoms with Crippen molar-refractivity contribution in [1.82, 2.24) is 0 Å². The van der Waals surface area contributed by atoms with Gasteiger partial charge >= 0.3 is 5.97 Å². The van der Waals surface area contributed by atoms with E-state index in [1.54, 1.807) is 6.92 Å². The number of rotatable bonds is 4. The van der Waals surface area contributed by atoms with E-state index in [1.807, 2.05) is 0 Å². The van der Waals surface area contributed by atoms with Crippen LogP contribution in [0.15, 0.2) is 0 Å². The van der Waals surface area contributed by atoms with Gasteiger partial charge in [0.05, 0.1) is 6.61 Å². The van der Waals surface area contributed by atoms with E-state index in [2.05, 4.69) is 20.7 Å². The average molecular weight is 243 g/mol. The zero-order chi connectivity index (χ0) is 8.85. The second kappa shape index (κ2) is 5.55. The Bertz CT molecular complexity index is 160. The van der Waals surface area contributed by atoms with E-state index in [9.17, 15) is 9.59 Å². The standard InChI is InChI=1S/C6H8BrClO3/c1-2-11-6(10)4(7)3-5(8)9/h4H,2-3H2,1H3. The summed E-state index contributed by atoms with van der Waals surface area (Å²) in [5.74, 6) is -0.457. The van der Waals surface area contributed by atoms with E-state index in [-0.39, 0.29) is 6.42 Å². The van der Waals surface area contributed by atoms with Crippen molar-refractivity contribution in [2.45, 2.75) is 18.2 Å². The second-order valence-electron chi connectivity index (χ2n) is 1.78. The number of carbonyl (C=O) groups is 2. The van der Waals surface area contributed by atoms with E-state index in [0.29, 0.717) is 6.61 Å². The summed E-state index contributed by atoms with van der Waals surface area (Å²) in [5, 5.41) is -0.556. The molecule has 0 bridgehead atoms. The third-order valence-corrected chi connectivity index (χ3v) is 1.73. The normalized spacial score (nSPS) is 12.3. The van der Waals surface area contributed by atoms with Crippen LogP contribution in [0.4, 0.5) is 0 Å². The molecule has 0 N–H and O–H groups in total. The molecule has 5 heteroatoms. The number of ether oxygens (including phenoxy) is 1. The molecule has 0 radical (unpaired) electrons. The van der Waals surface area contributed by atoms with Crippen molar-refractivity contribution in [3.05, 3.63) is 0 Å². The molecule has 0 saturated carbocycles. The zero-order valence-electron chi connectivity index (χ0n) is 5.97. The highest BCUT2D eigenvalue weighted by molar-refractivity contribution is 9.10. The fraction of sp³-hybridized carbons (Fsp3) is 0.667. The predicted octanol–water partition coefficient (Wildman–Crippen LogP) is 1.47. The van der Waals surface area contributed by atoms with Crippen LogP contribution in [-0.2, 0) is 14.3 Å². The lowest BCUT2D eigenvalue weighted by Crippen LogP contribution is -2.19. The highest BCUT2D eigenvalue weighted by atomic mass is 79.9. The first-order valence-electron chi connectivity index (χ1n) is 3.07. The number of esters is 1. The first kappa shape index (κ1) is 10.9. The van der Waals surface area contributed by atoms with Crippen LogP contribution in [0.2, 0.25) is 0 Å². The summed E-state index contributed by atoms with van der Waals surface area (Å²) in [5.41, 5.74) is 0. The summed E-state index contributed by atoms with van der Waals surface area (Å²) in [7, 11) is 0. The Morgan fingerprint density at radius 1 is 1.64 bits per heavy atom. The number of halogens is 2. The monoisotopic (exact) mass is 242 g/mol. The van der Waals surface area contributed by atoms with Crippen LogP contribution in [0.3, 0.4) is 0 Å². The van der Waals surface area contributed by atoms with Crippen LogP contribution in [-0.4, -0.2) is 22.6 Å². The number of hydrogen-bond acceptors (Lipinski definition) is 3. The Morgan fingerprint density at radius 3 is 2.55 bits per heavy atom. The van der Waals surface area contributed by atoms with E-state index < -0.39 is 16.0 Å². The maximum absolute atomic E-state index is 10.8. The van der Waals surface area contributed by atoms with Crippen LogP contribution >= 0.6 is 27.5 Å². The molecule has 0 heterocycles. The van der Waals surface area contributed by atoms with Crippen LogP contribution in [0, 0.1) is 0 Å². The molecule has 3 nitrogen and oxygen atoms in total. The maximum atomic E-state index is 10.8. The van der Waals surface area contributed by atoms with E-state index in [1.165, 1.54) is 0 Å². The molecule has 0 amide bonds. The molecule has 0 aliphatic rings. The molecule has 0 aromatic rings. The Morgan fingerprint density at radius 2 is 2.18 bits per heavy atom. The topological polar surface area (TPSA) is 43.4 Å². The minimum atomic E-state index is -0.618. The van der Waals surface area contributed by atoms with Gasteiger partial charge in [-0.15, -0.1) is 0 Å². The molecule has 0 aliphatic heterocycles. The summed E-state index contributed by atoms with van der Waals surface area (Å²) in [6.45, 7) is 2.00. The first-order chi connectivity index (χ1) is 5.07. The Labute approximate surface area is 78.2 Å². The molecule has 1 unspecified atom stereocenters. The largest absolute Gasteiger partial charge is 0.465 e. The minimum Gasteiger partial charge on any atom is -0.465 e. The van der Waals surface area contributed by atoms with Crippen LogP contribution in [0.1, 0.15) is 13.3 Å². The summed E-state index contributed by atoms with van der Waals surface area (Å²) < 4.78 is 4.61. The highest BCUT2D eigenvalue weighted by Crippen LogP contribution is 2.09. The molecule has 1 atom stereocenters. The van der Waals surface area contributed by atoms with Crippen molar-refractivity contribution in [3.63, 3.8) is 0 Å². The van der Waals surface area contributed by atoms with Crippen molar-refractivity contribution < 1.29 is 14.3 Å². The Kier molecular flexibility index (Phi) is 5.50. The summed E-state index contributed by atoms with van der Waals surface area (Å²) >= 11 is 8.01. The van der Waals surface area contributed by atoms with E-state index >= 15 is 0 Å². The number of hydrogen-bond donors (Lipinski definition) is 0. The van der Waals surface area contributed by atoms with Crippen LogP contribution in [0.25, 0.3) is 0 Å². The summed E-state index contributed by atoms with van der Waals surface area (Å²) in [4.78, 5) is 20.5. The first-order valence-corrected chi connectivity index (χ1v) is 4.36. The molecule has 0 aromatic carbocycles. The molecule has 0 saturated heterocycles. The molecular weight excluding hydrogens is 235 g/mol. The fourth-order valence-electron chi connectivity index (χ4n) is 0.457. The van der Waals surface area contributed by atoms with Gasteiger partial charge in [0.2, 0.25) is 5.24 Å². The fourth-order valence-corrected chi connectivity index (χ4v) is 1.22. The number of carbonyl (C=O) groups excluding carboxylic acids is 2. The highest BCUT2D eigenvalue weighted by Gasteiger charge is 2.18. The third kappa shape index (κ3) is 5.21. The van der Waals surface area contributed by atoms with Crippen LogP contribution in [0.5, 0.6) is 0 Å². The van der Waals surface area contributed by atoms with Crippen molar-refractivity contribution in [2.75, 3.05) is 6.61 Å². The van der Waals surface area contributed by atoms with E-state index in [0.717, 1.165) is 0 Å². The molecule has 0 aliphatic carbocycles. The van der Waals surface area contributed by atoms with Crippen molar-refractivity contribution in [1.29, 1.82) is 0 Å². The molecule has 0 rings (SSSR count). The van der Waals surface area contributed by atoms with Gasteiger partial charge in [0.15, 0.2) is 0 Å². The van der Waals surface area contributed by atoms with Gasteiger partial charge in [-0.3, -0.25) is 9.59 Å². The molecule has 0 fully saturated rings. The quantitative estimate of drug-likeness (QED) is 0.427. The minimum absolute atomic E-state index is 0.0413. The van der Waals surface area contributed by atoms with Gasteiger partial charge in [-0.05, 0) is 18.5 Å². The molecule has 0 spiro atoms. The van der Waals surface area contributed by atoms with Gasteiger partial charge in [0.1, 0.15) is 4.83 Å². The lowest BCUT2D eigenvalue weighted by molar-refractivity contribution is -0.143. The van der Waals surface area contributed by atoms with Crippen LogP contribution < -0.4 is 0 Å². The van der Waals surface area contributed by atoms with Crippen molar-refractivity contribution in [2.24, 2.45) is 0 Å². The molecule has 64 valence electrons. The summed E-state index contributed by atoms with van der Waals surface area (Å²) in [6, 6.07) is 0. The van der Waals surface area contributed by atoms with Gasteiger partial charge in [0, 0.05) is 6.42 Å². The SMILES string of the molecule is CCOC(=O)C(Br)CC(=O)Cl. The van der Waals surface area contributed by atoms with Crippen molar-refractivity contribution in [3.8, 4) is 0 Å². The molecule has 0 aromatic heterocycles. The lowest BCUT2D eigenvalue weighted by atomic mass is 10.3. The van der Waals surface area contributed by atoms with Crippen molar-refractivity contribution >= 4 is 38.7 Å². The Hall–Kier alpha value is -0.0900. The smallest absolute Gasteiger partial charge is 0.320 e.